The number of nitrogens with two attached hydrogens (primary N) is 1. The molecule has 0 aromatic heterocycles. The monoisotopic (exact) mass is 296 g/mol. The molecule has 1 aliphatic rings. The number of benzene rings is 1. The second kappa shape index (κ2) is 6.98. The van der Waals surface area contributed by atoms with E-state index in [9.17, 15) is 13.6 Å². The first-order chi connectivity index (χ1) is 10.0. The molecule has 1 aromatic carbocycles. The average molecular weight is 296 g/mol. The van der Waals surface area contributed by atoms with Gasteiger partial charge in [0.25, 0.3) is 5.91 Å². The van der Waals surface area contributed by atoms with E-state index in [0.29, 0.717) is 6.54 Å². The highest BCUT2D eigenvalue weighted by molar-refractivity contribution is 5.95. The van der Waals surface area contributed by atoms with Gasteiger partial charge in [-0.1, -0.05) is 13.0 Å². The Morgan fingerprint density at radius 2 is 1.81 bits per heavy atom. The first kappa shape index (κ1) is 15.9. The molecular formula is C16H22F2N2O. The maximum Gasteiger partial charge on any atom is 0.260 e. The minimum absolute atomic E-state index is 0.0243. The van der Waals surface area contributed by atoms with Crippen LogP contribution in [0.25, 0.3) is 0 Å². The lowest BCUT2D eigenvalue weighted by Crippen LogP contribution is -2.45. The Kier molecular flexibility index (Phi) is 5.28. The standard InChI is InChI=1S/C16H22F2N2O/c1-2-10-20(12-8-6-11(19)7-9-12)16(21)15-13(17)4-3-5-14(15)18/h3-5,11-12H,2,6-10,19H2,1H3. The van der Waals surface area contributed by atoms with Crippen LogP contribution in [0.2, 0.25) is 0 Å². The molecule has 0 heterocycles. The summed E-state index contributed by atoms with van der Waals surface area (Å²) in [5.74, 6) is -2.14. The smallest absolute Gasteiger partial charge is 0.260 e. The summed E-state index contributed by atoms with van der Waals surface area (Å²) in [7, 11) is 0. The molecule has 2 rings (SSSR count). The fourth-order valence-electron chi connectivity index (χ4n) is 2.95. The molecule has 0 unspecified atom stereocenters. The number of carbonyl (C=O) groups is 1. The summed E-state index contributed by atoms with van der Waals surface area (Å²) in [4.78, 5) is 14.2. The van der Waals surface area contributed by atoms with E-state index >= 15 is 0 Å². The van der Waals surface area contributed by atoms with Gasteiger partial charge in [0.05, 0.1) is 0 Å². The van der Waals surface area contributed by atoms with E-state index in [-0.39, 0.29) is 12.1 Å². The molecule has 1 aromatic rings. The molecule has 0 saturated heterocycles. The number of nitrogens with zero attached hydrogens (tertiary/aromatic N) is 1. The van der Waals surface area contributed by atoms with Crippen LogP contribution < -0.4 is 5.73 Å². The largest absolute Gasteiger partial charge is 0.335 e. The number of halogens is 2. The van der Waals surface area contributed by atoms with Crippen molar-refractivity contribution in [1.82, 2.24) is 4.90 Å². The van der Waals surface area contributed by atoms with Gasteiger partial charge in [-0.2, -0.15) is 0 Å². The molecule has 116 valence electrons. The third-order valence-corrected chi connectivity index (χ3v) is 4.08. The molecule has 1 saturated carbocycles. The third kappa shape index (κ3) is 3.59. The second-order valence-corrected chi connectivity index (χ2v) is 5.66. The van der Waals surface area contributed by atoms with Crippen molar-refractivity contribution in [3.8, 4) is 0 Å². The Morgan fingerprint density at radius 3 is 2.33 bits per heavy atom. The highest BCUT2D eigenvalue weighted by Gasteiger charge is 2.30. The van der Waals surface area contributed by atoms with E-state index in [1.54, 1.807) is 4.90 Å². The van der Waals surface area contributed by atoms with Gasteiger partial charge in [-0.3, -0.25) is 4.79 Å². The molecule has 1 fully saturated rings. The highest BCUT2D eigenvalue weighted by Crippen LogP contribution is 2.25. The summed E-state index contributed by atoms with van der Waals surface area (Å²) in [5, 5.41) is 0. The zero-order valence-corrected chi connectivity index (χ0v) is 12.3. The molecular weight excluding hydrogens is 274 g/mol. The van der Waals surface area contributed by atoms with Gasteiger partial charge < -0.3 is 10.6 Å². The zero-order valence-electron chi connectivity index (χ0n) is 12.3. The Bertz CT molecular complexity index is 479. The van der Waals surface area contributed by atoms with Crippen molar-refractivity contribution < 1.29 is 13.6 Å². The lowest BCUT2D eigenvalue weighted by atomic mass is 9.90. The van der Waals surface area contributed by atoms with Crippen molar-refractivity contribution in [2.75, 3.05) is 6.54 Å². The van der Waals surface area contributed by atoms with Gasteiger partial charge in [-0.05, 0) is 44.2 Å². The summed E-state index contributed by atoms with van der Waals surface area (Å²) in [5.41, 5.74) is 5.44. The number of hydrogen-bond acceptors (Lipinski definition) is 2. The van der Waals surface area contributed by atoms with Crippen molar-refractivity contribution in [3.63, 3.8) is 0 Å². The molecule has 3 nitrogen and oxygen atoms in total. The lowest BCUT2D eigenvalue weighted by Gasteiger charge is -2.36. The fraction of sp³-hybridized carbons (Fsp3) is 0.562. The average Bonchev–Trinajstić information content (AvgIpc) is 2.45. The van der Waals surface area contributed by atoms with Crippen molar-refractivity contribution >= 4 is 5.91 Å². The van der Waals surface area contributed by atoms with Crippen LogP contribution in [0.3, 0.4) is 0 Å². The van der Waals surface area contributed by atoms with Crippen LogP contribution in [0.4, 0.5) is 8.78 Å². The van der Waals surface area contributed by atoms with E-state index in [2.05, 4.69) is 0 Å². The minimum atomic E-state index is -0.798. The molecule has 0 radical (unpaired) electrons. The Hall–Kier alpha value is -1.49. The van der Waals surface area contributed by atoms with E-state index in [0.717, 1.165) is 44.2 Å². The van der Waals surface area contributed by atoms with Crippen molar-refractivity contribution in [1.29, 1.82) is 0 Å². The Morgan fingerprint density at radius 1 is 1.24 bits per heavy atom. The second-order valence-electron chi connectivity index (χ2n) is 5.66. The Labute approximate surface area is 124 Å². The van der Waals surface area contributed by atoms with Gasteiger partial charge in [0.15, 0.2) is 0 Å². The SMILES string of the molecule is CCCN(C(=O)c1c(F)cccc1F)C1CCC(N)CC1. The number of rotatable bonds is 4. The first-order valence-corrected chi connectivity index (χ1v) is 7.55. The molecule has 0 aliphatic heterocycles. The first-order valence-electron chi connectivity index (χ1n) is 7.55. The minimum Gasteiger partial charge on any atom is -0.335 e. The van der Waals surface area contributed by atoms with Crippen LogP contribution in [0, 0.1) is 11.6 Å². The Balaban J connectivity index is 2.23. The van der Waals surface area contributed by atoms with Gasteiger partial charge in [-0.15, -0.1) is 0 Å². The van der Waals surface area contributed by atoms with Gasteiger partial charge >= 0.3 is 0 Å². The van der Waals surface area contributed by atoms with E-state index in [1.165, 1.54) is 6.07 Å². The summed E-state index contributed by atoms with van der Waals surface area (Å²) in [6, 6.07) is 3.71. The van der Waals surface area contributed by atoms with Gasteiger partial charge in [0.2, 0.25) is 0 Å². The van der Waals surface area contributed by atoms with Gasteiger partial charge in [0.1, 0.15) is 17.2 Å². The third-order valence-electron chi connectivity index (χ3n) is 4.08. The van der Waals surface area contributed by atoms with Crippen molar-refractivity contribution in [3.05, 3.63) is 35.4 Å². The molecule has 1 amide bonds. The van der Waals surface area contributed by atoms with Crippen LogP contribution in [0.1, 0.15) is 49.4 Å². The van der Waals surface area contributed by atoms with Gasteiger partial charge in [0, 0.05) is 18.6 Å². The molecule has 0 atom stereocenters. The normalized spacial score (nSPS) is 22.1. The summed E-state index contributed by atoms with van der Waals surface area (Å²) in [6.45, 7) is 2.46. The van der Waals surface area contributed by atoms with Crippen LogP contribution in [0.5, 0.6) is 0 Å². The molecule has 21 heavy (non-hydrogen) atoms. The molecule has 1 aliphatic carbocycles. The molecule has 5 heteroatoms. The summed E-state index contributed by atoms with van der Waals surface area (Å²) >= 11 is 0. The topological polar surface area (TPSA) is 46.3 Å². The van der Waals surface area contributed by atoms with Crippen LogP contribution in [-0.4, -0.2) is 29.4 Å². The predicted molar refractivity (Wildman–Crippen MR) is 77.9 cm³/mol. The number of amides is 1. The zero-order chi connectivity index (χ0) is 15.4. The maximum atomic E-state index is 13.8. The highest BCUT2D eigenvalue weighted by atomic mass is 19.1. The van der Waals surface area contributed by atoms with E-state index in [1.807, 2.05) is 6.92 Å². The summed E-state index contributed by atoms with van der Waals surface area (Å²) < 4.78 is 27.6. The quantitative estimate of drug-likeness (QED) is 0.928. The molecule has 0 spiro atoms. The fourth-order valence-corrected chi connectivity index (χ4v) is 2.95. The van der Waals surface area contributed by atoms with Crippen LogP contribution >= 0.6 is 0 Å². The van der Waals surface area contributed by atoms with Crippen molar-refractivity contribution in [2.24, 2.45) is 5.73 Å². The number of carbonyl (C=O) groups excluding carboxylic acids is 1. The van der Waals surface area contributed by atoms with Crippen LogP contribution in [-0.2, 0) is 0 Å². The maximum absolute atomic E-state index is 13.8. The predicted octanol–water partition coefficient (Wildman–Crippen LogP) is 3.09. The van der Waals surface area contributed by atoms with Gasteiger partial charge in [-0.25, -0.2) is 8.78 Å². The van der Waals surface area contributed by atoms with E-state index in [4.69, 9.17) is 5.73 Å². The lowest BCUT2D eigenvalue weighted by molar-refractivity contribution is 0.0617. The molecule has 0 bridgehead atoms. The molecule has 2 N–H and O–H groups in total. The number of hydrogen-bond donors (Lipinski definition) is 1. The van der Waals surface area contributed by atoms with E-state index < -0.39 is 23.1 Å². The van der Waals surface area contributed by atoms with Crippen LogP contribution in [0.15, 0.2) is 18.2 Å². The van der Waals surface area contributed by atoms with Crippen molar-refractivity contribution in [2.45, 2.75) is 51.1 Å². The summed E-state index contributed by atoms with van der Waals surface area (Å²) in [6.07, 6.45) is 4.03.